The molecule has 98 valence electrons. The van der Waals surface area contributed by atoms with E-state index in [4.69, 9.17) is 0 Å². The molecule has 0 N–H and O–H groups in total. The van der Waals surface area contributed by atoms with E-state index in [1.54, 1.807) is 11.3 Å². The van der Waals surface area contributed by atoms with E-state index in [-0.39, 0.29) is 0 Å². The zero-order valence-corrected chi connectivity index (χ0v) is 12.3. The normalized spacial score (nSPS) is 11.1. The minimum Gasteiger partial charge on any atom is -0.242 e. The molecule has 2 aromatic carbocycles. The van der Waals surface area contributed by atoms with E-state index in [0.717, 1.165) is 21.1 Å². The second-order valence-electron chi connectivity index (χ2n) is 4.18. The van der Waals surface area contributed by atoms with E-state index in [1.165, 1.54) is 0 Å². The van der Waals surface area contributed by atoms with Crippen molar-refractivity contribution in [3.05, 3.63) is 66.2 Å². The van der Waals surface area contributed by atoms with Crippen molar-refractivity contribution in [2.75, 3.05) is 0 Å². The fourth-order valence-electron chi connectivity index (χ4n) is 1.76. The molecule has 2 nitrogen and oxygen atoms in total. The minimum absolute atomic E-state index is 0.668. The van der Waals surface area contributed by atoms with Gasteiger partial charge in [-0.15, -0.1) is 12.6 Å². The number of aromatic nitrogens is 1. The molecule has 0 atom stereocenters. The summed E-state index contributed by atoms with van der Waals surface area (Å²) in [7, 11) is 0. The molecule has 0 fully saturated rings. The van der Waals surface area contributed by atoms with Crippen LogP contribution in [0.3, 0.4) is 0 Å². The highest BCUT2D eigenvalue weighted by atomic mass is 32.1. The number of nitrogens with zero attached hydrogens (tertiary/aromatic N) is 2. The summed E-state index contributed by atoms with van der Waals surface area (Å²) in [5.74, 6) is 0. The first-order valence-electron chi connectivity index (χ1n) is 6.17. The largest absolute Gasteiger partial charge is 0.242 e. The summed E-state index contributed by atoms with van der Waals surface area (Å²) in [6, 6.07) is 20.1. The van der Waals surface area contributed by atoms with Crippen LogP contribution in [0.2, 0.25) is 0 Å². The number of benzene rings is 2. The molecule has 20 heavy (non-hydrogen) atoms. The highest BCUT2D eigenvalue weighted by molar-refractivity contribution is 7.80. The van der Waals surface area contributed by atoms with Crippen molar-refractivity contribution >= 4 is 35.2 Å². The summed E-state index contributed by atoms with van der Waals surface area (Å²) in [5, 5.41) is 2.44. The maximum Gasteiger partial charge on any atom is 0.150 e. The summed E-state index contributed by atoms with van der Waals surface area (Å²) in [6.07, 6.45) is 1.84. The molecule has 0 spiro atoms. The number of hydrogen-bond donors (Lipinski definition) is 1. The Balaban J connectivity index is 1.89. The first kappa shape index (κ1) is 13.1. The smallest absolute Gasteiger partial charge is 0.150 e. The SMILES string of the molecule is Sc1nc(-c2ccccc2)sc1/N=C/c1ccccc1. The lowest BCUT2D eigenvalue weighted by molar-refractivity contribution is 1.21. The van der Waals surface area contributed by atoms with Gasteiger partial charge < -0.3 is 0 Å². The summed E-state index contributed by atoms with van der Waals surface area (Å²) in [6.45, 7) is 0. The zero-order valence-electron chi connectivity index (χ0n) is 10.6. The number of aliphatic imine (C=N–C) groups is 1. The van der Waals surface area contributed by atoms with Crippen molar-refractivity contribution in [1.29, 1.82) is 0 Å². The van der Waals surface area contributed by atoms with Crippen LogP contribution >= 0.6 is 24.0 Å². The minimum atomic E-state index is 0.668. The summed E-state index contributed by atoms with van der Waals surface area (Å²) in [5.41, 5.74) is 2.16. The Hall–Kier alpha value is -1.91. The van der Waals surface area contributed by atoms with Crippen LogP contribution in [0.1, 0.15) is 5.56 Å². The molecule has 1 heterocycles. The predicted molar refractivity (Wildman–Crippen MR) is 88.5 cm³/mol. The van der Waals surface area contributed by atoms with Crippen LogP contribution in [0.5, 0.6) is 0 Å². The van der Waals surface area contributed by atoms with Crippen LogP contribution in [0, 0.1) is 0 Å². The molecule has 3 rings (SSSR count). The fourth-order valence-corrected chi connectivity index (χ4v) is 2.94. The van der Waals surface area contributed by atoms with E-state index in [1.807, 2.05) is 66.9 Å². The Morgan fingerprint density at radius 1 is 0.950 bits per heavy atom. The van der Waals surface area contributed by atoms with Crippen molar-refractivity contribution in [3.63, 3.8) is 0 Å². The fraction of sp³-hybridized carbons (Fsp3) is 0. The van der Waals surface area contributed by atoms with Gasteiger partial charge in [0.1, 0.15) is 15.0 Å². The Morgan fingerprint density at radius 3 is 2.30 bits per heavy atom. The average molecular weight is 296 g/mol. The lowest BCUT2D eigenvalue weighted by Gasteiger charge is -1.92. The Labute approximate surface area is 127 Å². The molecule has 0 aliphatic heterocycles. The van der Waals surface area contributed by atoms with Crippen LogP contribution in [0.4, 0.5) is 5.00 Å². The maximum atomic E-state index is 4.48. The highest BCUT2D eigenvalue weighted by Gasteiger charge is 2.08. The van der Waals surface area contributed by atoms with Gasteiger partial charge in [-0.1, -0.05) is 72.0 Å². The van der Waals surface area contributed by atoms with Crippen LogP contribution in [0.25, 0.3) is 10.6 Å². The first-order chi connectivity index (χ1) is 9.83. The third kappa shape index (κ3) is 2.98. The van der Waals surface area contributed by atoms with E-state index in [9.17, 15) is 0 Å². The third-order valence-corrected chi connectivity index (χ3v) is 4.22. The highest BCUT2D eigenvalue weighted by Crippen LogP contribution is 2.35. The number of rotatable bonds is 3. The van der Waals surface area contributed by atoms with Crippen molar-refractivity contribution in [2.24, 2.45) is 4.99 Å². The van der Waals surface area contributed by atoms with Crippen molar-refractivity contribution in [1.82, 2.24) is 4.98 Å². The maximum absolute atomic E-state index is 4.48. The second kappa shape index (κ2) is 6.03. The molecule has 0 unspecified atom stereocenters. The molecule has 0 radical (unpaired) electrons. The van der Waals surface area contributed by atoms with Gasteiger partial charge in [0, 0.05) is 11.8 Å². The quantitative estimate of drug-likeness (QED) is 0.542. The zero-order chi connectivity index (χ0) is 13.8. The van der Waals surface area contributed by atoms with Crippen LogP contribution in [-0.2, 0) is 0 Å². The van der Waals surface area contributed by atoms with Crippen LogP contribution < -0.4 is 0 Å². The summed E-state index contributed by atoms with van der Waals surface area (Å²) in [4.78, 5) is 8.94. The Bertz CT molecular complexity index is 719. The standard InChI is InChI=1S/C16H12N2S2/c19-14-16(17-11-12-7-3-1-4-8-12)20-15(18-14)13-9-5-2-6-10-13/h1-11,19H/b17-11+. The van der Waals surface area contributed by atoms with Gasteiger partial charge in [0.2, 0.25) is 0 Å². The molecule has 3 aromatic rings. The third-order valence-electron chi connectivity index (χ3n) is 2.74. The first-order valence-corrected chi connectivity index (χ1v) is 7.43. The average Bonchev–Trinajstić information content (AvgIpc) is 2.88. The van der Waals surface area contributed by atoms with Crippen molar-refractivity contribution < 1.29 is 0 Å². The lowest BCUT2D eigenvalue weighted by Crippen LogP contribution is -1.77. The predicted octanol–water partition coefficient (Wildman–Crippen LogP) is 4.85. The van der Waals surface area contributed by atoms with Gasteiger partial charge in [-0.2, -0.15) is 0 Å². The molecular weight excluding hydrogens is 284 g/mol. The van der Waals surface area contributed by atoms with Gasteiger partial charge in [-0.05, 0) is 5.56 Å². The molecule has 0 saturated heterocycles. The second-order valence-corrected chi connectivity index (χ2v) is 5.58. The van der Waals surface area contributed by atoms with Crippen LogP contribution in [0.15, 0.2) is 70.7 Å². The van der Waals surface area contributed by atoms with Gasteiger partial charge >= 0.3 is 0 Å². The van der Waals surface area contributed by atoms with E-state index in [2.05, 4.69) is 22.6 Å². The van der Waals surface area contributed by atoms with Gasteiger partial charge in [0.05, 0.1) is 0 Å². The van der Waals surface area contributed by atoms with Gasteiger partial charge in [0.25, 0.3) is 0 Å². The van der Waals surface area contributed by atoms with E-state index >= 15 is 0 Å². The van der Waals surface area contributed by atoms with Crippen LogP contribution in [-0.4, -0.2) is 11.2 Å². The van der Waals surface area contributed by atoms with Crippen molar-refractivity contribution in [3.8, 4) is 10.6 Å². The molecular formula is C16H12N2S2. The molecule has 0 aliphatic carbocycles. The lowest BCUT2D eigenvalue weighted by atomic mass is 10.2. The molecule has 0 aliphatic rings. The molecule has 0 saturated carbocycles. The Morgan fingerprint density at radius 2 is 1.60 bits per heavy atom. The molecule has 4 heteroatoms. The van der Waals surface area contributed by atoms with Gasteiger partial charge in [0.15, 0.2) is 0 Å². The number of thiazole rings is 1. The van der Waals surface area contributed by atoms with Gasteiger partial charge in [-0.3, -0.25) is 0 Å². The monoisotopic (exact) mass is 296 g/mol. The summed E-state index contributed by atoms with van der Waals surface area (Å²) >= 11 is 5.95. The van der Waals surface area contributed by atoms with E-state index in [0.29, 0.717) is 5.03 Å². The molecule has 0 amide bonds. The summed E-state index contributed by atoms with van der Waals surface area (Å²) < 4.78 is 0. The van der Waals surface area contributed by atoms with Gasteiger partial charge in [-0.25, -0.2) is 9.98 Å². The van der Waals surface area contributed by atoms with E-state index < -0.39 is 0 Å². The number of hydrogen-bond acceptors (Lipinski definition) is 4. The number of thiol groups is 1. The van der Waals surface area contributed by atoms with Crippen molar-refractivity contribution in [2.45, 2.75) is 5.03 Å². The Kier molecular flexibility index (Phi) is 3.95. The topological polar surface area (TPSA) is 25.2 Å². The molecule has 0 bridgehead atoms. The molecule has 1 aromatic heterocycles.